The Balaban J connectivity index is 2.28. The number of rotatable bonds is 5. The standard InChI is InChI=1S/C16H18ClN3O2S/c1-5-23-13-7-6-11(17)8-12(13)18-16(22)15(21)14-9(2)19-20(4)10(14)3/h6-8H,5H2,1-4H3,(H,18,22). The number of benzene rings is 1. The van der Waals surface area contributed by atoms with E-state index >= 15 is 0 Å². The second-order valence-corrected chi connectivity index (χ2v) is 6.77. The Morgan fingerprint density at radius 2 is 2.04 bits per heavy atom. The number of nitrogens with zero attached hydrogens (tertiary/aromatic N) is 2. The van der Waals surface area contributed by atoms with E-state index < -0.39 is 11.7 Å². The molecule has 0 aliphatic rings. The number of Topliss-reactive ketones (excluding diaryl/α,β-unsaturated/α-hetero) is 1. The molecule has 0 unspecified atom stereocenters. The molecule has 1 amide bonds. The molecule has 0 saturated heterocycles. The summed E-state index contributed by atoms with van der Waals surface area (Å²) in [4.78, 5) is 25.7. The van der Waals surface area contributed by atoms with Crippen LogP contribution in [-0.4, -0.2) is 27.2 Å². The third-order valence-corrected chi connectivity index (χ3v) is 4.62. The Labute approximate surface area is 144 Å². The summed E-state index contributed by atoms with van der Waals surface area (Å²) in [7, 11) is 1.74. The SMILES string of the molecule is CCSc1ccc(Cl)cc1NC(=O)C(=O)c1c(C)nn(C)c1C. The van der Waals surface area contributed by atoms with Crippen molar-refractivity contribution in [2.75, 3.05) is 11.1 Å². The highest BCUT2D eigenvalue weighted by atomic mass is 35.5. The molecule has 23 heavy (non-hydrogen) atoms. The van der Waals surface area contributed by atoms with Gasteiger partial charge in [0.2, 0.25) is 0 Å². The molecule has 0 fully saturated rings. The summed E-state index contributed by atoms with van der Waals surface area (Å²) in [6, 6.07) is 5.23. The summed E-state index contributed by atoms with van der Waals surface area (Å²) in [6.45, 7) is 5.49. The highest BCUT2D eigenvalue weighted by Crippen LogP contribution is 2.30. The van der Waals surface area contributed by atoms with E-state index in [1.165, 1.54) is 0 Å². The molecule has 1 aromatic heterocycles. The molecule has 122 valence electrons. The molecule has 1 N–H and O–H groups in total. The van der Waals surface area contributed by atoms with Crippen molar-refractivity contribution in [3.63, 3.8) is 0 Å². The molecule has 5 nitrogen and oxygen atoms in total. The maximum absolute atomic E-state index is 12.5. The molecule has 0 bridgehead atoms. The number of halogens is 1. The Bertz CT molecular complexity index is 771. The number of amides is 1. The lowest BCUT2D eigenvalue weighted by atomic mass is 10.1. The van der Waals surface area contributed by atoms with Crippen LogP contribution in [0.15, 0.2) is 23.1 Å². The van der Waals surface area contributed by atoms with E-state index in [2.05, 4.69) is 10.4 Å². The molecule has 0 aliphatic heterocycles. The summed E-state index contributed by atoms with van der Waals surface area (Å²) in [6.07, 6.45) is 0. The number of hydrogen-bond donors (Lipinski definition) is 1. The van der Waals surface area contributed by atoms with Crippen LogP contribution in [0.2, 0.25) is 5.02 Å². The molecule has 0 aliphatic carbocycles. The fourth-order valence-corrected chi connectivity index (χ4v) is 3.19. The third-order valence-electron chi connectivity index (χ3n) is 3.43. The van der Waals surface area contributed by atoms with Crippen molar-refractivity contribution in [3.8, 4) is 0 Å². The lowest BCUT2D eigenvalue weighted by Gasteiger charge is -2.10. The quantitative estimate of drug-likeness (QED) is 0.507. The minimum absolute atomic E-state index is 0.344. The Kier molecular flexibility index (Phi) is 5.49. The van der Waals surface area contributed by atoms with Crippen LogP contribution in [0.4, 0.5) is 5.69 Å². The number of nitrogens with one attached hydrogen (secondary N) is 1. The number of carbonyl (C=O) groups is 2. The van der Waals surface area contributed by atoms with Crippen LogP contribution in [0, 0.1) is 13.8 Å². The van der Waals surface area contributed by atoms with Crippen molar-refractivity contribution < 1.29 is 9.59 Å². The summed E-state index contributed by atoms with van der Waals surface area (Å²) < 4.78 is 1.59. The van der Waals surface area contributed by atoms with Crippen LogP contribution >= 0.6 is 23.4 Å². The second-order valence-electron chi connectivity index (χ2n) is 5.03. The zero-order valence-electron chi connectivity index (χ0n) is 13.4. The van der Waals surface area contributed by atoms with Crippen LogP contribution in [0.25, 0.3) is 0 Å². The molecule has 1 heterocycles. The van der Waals surface area contributed by atoms with E-state index in [0.717, 1.165) is 10.6 Å². The smallest absolute Gasteiger partial charge is 0.296 e. The van der Waals surface area contributed by atoms with Crippen molar-refractivity contribution in [1.82, 2.24) is 9.78 Å². The van der Waals surface area contributed by atoms with Gasteiger partial charge in [0, 0.05) is 22.7 Å². The Morgan fingerprint density at radius 1 is 1.35 bits per heavy atom. The highest BCUT2D eigenvalue weighted by Gasteiger charge is 2.24. The molecule has 0 saturated carbocycles. The monoisotopic (exact) mass is 351 g/mol. The van der Waals surface area contributed by atoms with Gasteiger partial charge in [-0.05, 0) is 37.8 Å². The van der Waals surface area contributed by atoms with Crippen LogP contribution in [-0.2, 0) is 11.8 Å². The van der Waals surface area contributed by atoms with E-state index in [9.17, 15) is 9.59 Å². The fraction of sp³-hybridized carbons (Fsp3) is 0.312. The molecular weight excluding hydrogens is 334 g/mol. The van der Waals surface area contributed by atoms with Crippen LogP contribution < -0.4 is 5.32 Å². The number of aryl methyl sites for hydroxylation is 2. The largest absolute Gasteiger partial charge is 0.318 e. The van der Waals surface area contributed by atoms with Gasteiger partial charge in [0.1, 0.15) is 0 Å². The average molecular weight is 352 g/mol. The van der Waals surface area contributed by atoms with Gasteiger partial charge in [-0.15, -0.1) is 11.8 Å². The Hall–Kier alpha value is -1.79. The van der Waals surface area contributed by atoms with E-state index in [1.807, 2.05) is 13.0 Å². The molecule has 0 spiro atoms. The van der Waals surface area contributed by atoms with Gasteiger partial charge in [-0.1, -0.05) is 18.5 Å². The minimum Gasteiger partial charge on any atom is -0.318 e. The number of ketones is 1. The van der Waals surface area contributed by atoms with Crippen LogP contribution in [0.5, 0.6) is 0 Å². The lowest BCUT2D eigenvalue weighted by Crippen LogP contribution is -2.24. The topological polar surface area (TPSA) is 64.0 Å². The van der Waals surface area contributed by atoms with Crippen molar-refractivity contribution >= 4 is 40.7 Å². The number of anilines is 1. The first-order valence-electron chi connectivity index (χ1n) is 7.13. The number of aromatic nitrogens is 2. The molecule has 1 aromatic carbocycles. The summed E-state index contributed by atoms with van der Waals surface area (Å²) in [5.74, 6) is -0.441. The van der Waals surface area contributed by atoms with Crippen molar-refractivity contribution in [1.29, 1.82) is 0 Å². The Morgan fingerprint density at radius 3 is 2.61 bits per heavy atom. The van der Waals surface area contributed by atoms with Gasteiger partial charge in [0.05, 0.1) is 16.9 Å². The van der Waals surface area contributed by atoms with Gasteiger partial charge in [-0.2, -0.15) is 5.10 Å². The van der Waals surface area contributed by atoms with Gasteiger partial charge in [0.25, 0.3) is 11.7 Å². The fourth-order valence-electron chi connectivity index (χ4n) is 2.28. The van der Waals surface area contributed by atoms with Gasteiger partial charge < -0.3 is 5.32 Å². The van der Waals surface area contributed by atoms with E-state index in [-0.39, 0.29) is 0 Å². The molecule has 0 atom stereocenters. The van der Waals surface area contributed by atoms with E-state index in [4.69, 9.17) is 11.6 Å². The third kappa shape index (κ3) is 3.76. The molecular formula is C16H18ClN3O2S. The number of hydrogen-bond acceptors (Lipinski definition) is 4. The van der Waals surface area contributed by atoms with Crippen molar-refractivity contribution in [2.24, 2.45) is 7.05 Å². The second kappa shape index (κ2) is 7.19. The number of thioether (sulfide) groups is 1. The zero-order valence-corrected chi connectivity index (χ0v) is 15.0. The summed E-state index contributed by atoms with van der Waals surface area (Å²) >= 11 is 7.56. The number of carbonyl (C=O) groups excluding carboxylic acids is 2. The van der Waals surface area contributed by atoms with Gasteiger partial charge in [-0.3, -0.25) is 14.3 Å². The summed E-state index contributed by atoms with van der Waals surface area (Å²) in [5.41, 5.74) is 2.09. The van der Waals surface area contributed by atoms with Crippen LogP contribution in [0.3, 0.4) is 0 Å². The first kappa shape index (κ1) is 17.6. The predicted octanol–water partition coefficient (Wildman–Crippen LogP) is 3.62. The van der Waals surface area contributed by atoms with Crippen LogP contribution in [0.1, 0.15) is 28.7 Å². The van der Waals surface area contributed by atoms with Crippen molar-refractivity contribution in [3.05, 3.63) is 40.2 Å². The first-order chi connectivity index (χ1) is 10.8. The molecule has 2 rings (SSSR count). The van der Waals surface area contributed by atoms with Gasteiger partial charge >= 0.3 is 0 Å². The summed E-state index contributed by atoms with van der Waals surface area (Å²) in [5, 5.41) is 7.34. The zero-order chi connectivity index (χ0) is 17.1. The molecule has 7 heteroatoms. The van der Waals surface area contributed by atoms with Gasteiger partial charge in [-0.25, -0.2) is 0 Å². The van der Waals surface area contributed by atoms with Crippen molar-refractivity contribution in [2.45, 2.75) is 25.7 Å². The predicted molar refractivity (Wildman–Crippen MR) is 93.5 cm³/mol. The lowest BCUT2D eigenvalue weighted by molar-refractivity contribution is -0.112. The maximum Gasteiger partial charge on any atom is 0.296 e. The maximum atomic E-state index is 12.5. The highest BCUT2D eigenvalue weighted by molar-refractivity contribution is 7.99. The molecule has 2 aromatic rings. The van der Waals surface area contributed by atoms with E-state index in [0.29, 0.717) is 27.7 Å². The van der Waals surface area contributed by atoms with Gasteiger partial charge in [0.15, 0.2) is 0 Å². The first-order valence-corrected chi connectivity index (χ1v) is 8.49. The normalized spacial score (nSPS) is 10.7. The molecule has 0 radical (unpaired) electrons. The average Bonchev–Trinajstić information content (AvgIpc) is 2.74. The van der Waals surface area contributed by atoms with E-state index in [1.54, 1.807) is 49.5 Å². The minimum atomic E-state index is -0.690.